The van der Waals surface area contributed by atoms with Crippen molar-refractivity contribution < 1.29 is 23.7 Å². The van der Waals surface area contributed by atoms with Gasteiger partial charge in [0.05, 0.1) is 13.2 Å². The van der Waals surface area contributed by atoms with Gasteiger partial charge in [0.1, 0.15) is 12.2 Å². The molecule has 0 spiro atoms. The van der Waals surface area contributed by atoms with E-state index in [0.29, 0.717) is 0 Å². The third kappa shape index (κ3) is 1.82. The van der Waals surface area contributed by atoms with Crippen LogP contribution in [0.15, 0.2) is 0 Å². The predicted molar refractivity (Wildman–Crippen MR) is 55.0 cm³/mol. The summed E-state index contributed by atoms with van der Waals surface area (Å²) in [6.45, 7) is 5.47. The van der Waals surface area contributed by atoms with Crippen molar-refractivity contribution in [3.8, 4) is 0 Å². The zero-order chi connectivity index (χ0) is 12.1. The van der Waals surface area contributed by atoms with Crippen molar-refractivity contribution in [2.45, 2.75) is 49.9 Å². The molecule has 0 radical (unpaired) electrons. The second kappa shape index (κ2) is 3.57. The van der Waals surface area contributed by atoms with E-state index in [1.807, 2.05) is 6.92 Å². The maximum atomic E-state index is 11.4. The van der Waals surface area contributed by atoms with Gasteiger partial charge in [-0.2, -0.15) is 0 Å². The number of esters is 1. The third-order valence-corrected chi connectivity index (χ3v) is 3.18. The minimum absolute atomic E-state index is 0.176. The fourth-order valence-corrected chi connectivity index (χ4v) is 2.30. The summed E-state index contributed by atoms with van der Waals surface area (Å²) in [4.78, 5) is 11.4. The van der Waals surface area contributed by atoms with Crippen molar-refractivity contribution in [1.29, 1.82) is 0 Å². The van der Waals surface area contributed by atoms with Crippen LogP contribution in [-0.4, -0.2) is 42.2 Å². The molecular weight excluding hydrogens is 236 g/mol. The Hall–Kier alpha value is -0.360. The molecule has 0 bridgehead atoms. The second-order valence-corrected chi connectivity index (χ2v) is 5.04. The van der Waals surface area contributed by atoms with Crippen LogP contribution in [-0.2, 0) is 23.7 Å². The molecule has 2 rings (SSSR count). The molecule has 0 aromatic rings. The topological polar surface area (TPSA) is 57.3 Å². The molecule has 0 N–H and O–H groups in total. The molecule has 0 amide bonds. The van der Waals surface area contributed by atoms with Gasteiger partial charge in [-0.3, -0.25) is 0 Å². The molecule has 0 aromatic carbocycles. The van der Waals surface area contributed by atoms with Crippen molar-refractivity contribution in [1.82, 2.24) is 0 Å². The Morgan fingerprint density at radius 3 is 2.38 bits per heavy atom. The van der Waals surface area contributed by atoms with E-state index in [2.05, 4.69) is 4.74 Å². The summed E-state index contributed by atoms with van der Waals surface area (Å²) in [7, 11) is 1.27. The fourth-order valence-electron chi connectivity index (χ4n) is 2.01. The van der Waals surface area contributed by atoms with E-state index in [1.54, 1.807) is 13.8 Å². The Morgan fingerprint density at radius 1 is 1.31 bits per heavy atom. The summed E-state index contributed by atoms with van der Waals surface area (Å²) in [5.41, 5.74) is 0. The van der Waals surface area contributed by atoms with Crippen molar-refractivity contribution >= 4 is 17.6 Å². The highest BCUT2D eigenvalue weighted by molar-refractivity contribution is 6.35. The number of rotatable bonds is 2. The van der Waals surface area contributed by atoms with E-state index in [-0.39, 0.29) is 12.2 Å². The van der Waals surface area contributed by atoms with Gasteiger partial charge >= 0.3 is 5.97 Å². The Kier molecular flexibility index (Phi) is 2.70. The highest BCUT2D eigenvalue weighted by Crippen LogP contribution is 2.48. The Balaban J connectivity index is 2.05. The molecule has 2 fully saturated rings. The average Bonchev–Trinajstić information content (AvgIpc) is 2.78. The first-order valence-corrected chi connectivity index (χ1v) is 5.49. The molecule has 0 aromatic heterocycles. The van der Waals surface area contributed by atoms with Crippen LogP contribution in [0.3, 0.4) is 0 Å². The number of carbonyl (C=O) groups excluding carboxylic acids is 1. The number of hydrogen-bond donors (Lipinski definition) is 0. The quantitative estimate of drug-likeness (QED) is 0.416. The maximum Gasteiger partial charge on any atom is 0.357 e. The number of carbonyl (C=O) groups is 1. The van der Waals surface area contributed by atoms with Gasteiger partial charge in [0.25, 0.3) is 5.06 Å². The number of halogens is 1. The predicted octanol–water partition coefficient (Wildman–Crippen LogP) is 1.03. The largest absolute Gasteiger partial charge is 0.466 e. The standard InChI is InChI=1S/C10H15ClO5/c1-5-6(15-9(2,3)14-5)7-10(11,16-7)8(12)13-4/h5-7H,1-4H3. The van der Waals surface area contributed by atoms with Gasteiger partial charge in [-0.05, 0) is 20.8 Å². The van der Waals surface area contributed by atoms with Crippen molar-refractivity contribution in [3.05, 3.63) is 0 Å². The summed E-state index contributed by atoms with van der Waals surface area (Å²) in [6.07, 6.45) is -1.05. The molecule has 2 aliphatic heterocycles. The average molecular weight is 251 g/mol. The first kappa shape index (κ1) is 12.1. The number of methoxy groups -OCH3 is 1. The zero-order valence-corrected chi connectivity index (χ0v) is 10.4. The van der Waals surface area contributed by atoms with E-state index in [0.717, 1.165) is 0 Å². The molecule has 6 heteroatoms. The van der Waals surface area contributed by atoms with E-state index in [4.69, 9.17) is 25.8 Å². The Bertz CT molecular complexity index is 318. The van der Waals surface area contributed by atoms with Crippen LogP contribution in [0.1, 0.15) is 20.8 Å². The summed E-state index contributed by atoms with van der Waals surface area (Å²) < 4.78 is 20.9. The van der Waals surface area contributed by atoms with Crippen LogP contribution >= 0.6 is 11.6 Å². The van der Waals surface area contributed by atoms with Gasteiger partial charge in [0.15, 0.2) is 5.79 Å². The first-order valence-electron chi connectivity index (χ1n) is 5.11. The van der Waals surface area contributed by atoms with Crippen LogP contribution in [0.5, 0.6) is 0 Å². The SMILES string of the molecule is COC(=O)C1(Cl)OC1C1OC(C)(C)OC1C. The highest BCUT2D eigenvalue weighted by Gasteiger charge is 2.69. The lowest BCUT2D eigenvalue weighted by Gasteiger charge is -2.16. The van der Waals surface area contributed by atoms with Gasteiger partial charge in [-0.1, -0.05) is 11.6 Å². The summed E-state index contributed by atoms with van der Waals surface area (Å²) in [5.74, 6) is -1.27. The van der Waals surface area contributed by atoms with Gasteiger partial charge in [0, 0.05) is 0 Å². The third-order valence-electron chi connectivity index (χ3n) is 2.72. The lowest BCUT2D eigenvalue weighted by atomic mass is 10.1. The molecular formula is C10H15ClO5. The van der Waals surface area contributed by atoms with Gasteiger partial charge < -0.3 is 18.9 Å². The molecule has 5 nitrogen and oxygen atoms in total. The minimum Gasteiger partial charge on any atom is -0.466 e. The van der Waals surface area contributed by atoms with Crippen molar-refractivity contribution in [2.75, 3.05) is 7.11 Å². The van der Waals surface area contributed by atoms with Crippen LogP contribution < -0.4 is 0 Å². The molecule has 0 aliphatic carbocycles. The zero-order valence-electron chi connectivity index (χ0n) is 9.65. The molecule has 0 saturated carbocycles. The van der Waals surface area contributed by atoms with Crippen LogP contribution in [0.25, 0.3) is 0 Å². The number of alkyl halides is 1. The smallest absolute Gasteiger partial charge is 0.357 e. The maximum absolute atomic E-state index is 11.4. The molecule has 2 saturated heterocycles. The van der Waals surface area contributed by atoms with E-state index >= 15 is 0 Å². The van der Waals surface area contributed by atoms with Crippen LogP contribution in [0.2, 0.25) is 0 Å². The van der Waals surface area contributed by atoms with E-state index < -0.39 is 22.9 Å². The molecule has 92 valence electrons. The lowest BCUT2D eigenvalue weighted by molar-refractivity contribution is -0.147. The van der Waals surface area contributed by atoms with Crippen LogP contribution in [0.4, 0.5) is 0 Å². The number of epoxide rings is 1. The second-order valence-electron chi connectivity index (χ2n) is 4.48. The molecule has 4 atom stereocenters. The van der Waals surface area contributed by atoms with Gasteiger partial charge in [0.2, 0.25) is 0 Å². The van der Waals surface area contributed by atoms with E-state index in [1.165, 1.54) is 7.11 Å². The lowest BCUT2D eigenvalue weighted by Crippen LogP contribution is -2.33. The molecule has 16 heavy (non-hydrogen) atoms. The number of ether oxygens (including phenoxy) is 4. The normalized spacial score (nSPS) is 45.4. The fraction of sp³-hybridized carbons (Fsp3) is 0.900. The number of hydrogen-bond acceptors (Lipinski definition) is 5. The van der Waals surface area contributed by atoms with Gasteiger partial charge in [-0.25, -0.2) is 4.79 Å². The Morgan fingerprint density at radius 2 is 1.94 bits per heavy atom. The monoisotopic (exact) mass is 250 g/mol. The molecule has 4 unspecified atom stereocenters. The summed E-state index contributed by atoms with van der Waals surface area (Å²) >= 11 is 5.97. The molecule has 2 aliphatic rings. The molecule has 2 heterocycles. The van der Waals surface area contributed by atoms with Gasteiger partial charge in [-0.15, -0.1) is 0 Å². The van der Waals surface area contributed by atoms with E-state index in [9.17, 15) is 4.79 Å². The van der Waals surface area contributed by atoms with Crippen molar-refractivity contribution in [2.24, 2.45) is 0 Å². The van der Waals surface area contributed by atoms with Crippen LogP contribution in [0, 0.1) is 0 Å². The Labute approximate surface area is 98.9 Å². The summed E-state index contributed by atoms with van der Waals surface area (Å²) in [6, 6.07) is 0. The first-order chi connectivity index (χ1) is 7.30. The summed E-state index contributed by atoms with van der Waals surface area (Å²) in [5, 5.41) is -1.41. The van der Waals surface area contributed by atoms with Crippen molar-refractivity contribution in [3.63, 3.8) is 0 Å². The minimum atomic E-state index is -1.41. The highest BCUT2D eigenvalue weighted by atomic mass is 35.5.